The molecule has 1 fully saturated rings. The van der Waals surface area contributed by atoms with Crippen molar-refractivity contribution in [2.45, 2.75) is 38.4 Å². The lowest BCUT2D eigenvalue weighted by Crippen LogP contribution is -2.15. The highest BCUT2D eigenvalue weighted by molar-refractivity contribution is 5.14. The predicted octanol–water partition coefficient (Wildman–Crippen LogP) is 1.77. The number of benzene rings is 1. The lowest BCUT2D eigenvalue weighted by molar-refractivity contribution is 0.589. The molecule has 0 bridgehead atoms. The van der Waals surface area contributed by atoms with E-state index in [1.807, 2.05) is 16.9 Å². The zero-order valence-electron chi connectivity index (χ0n) is 10.4. The molecule has 0 amide bonds. The standard InChI is InChI=1S/C14H18N4/c1-2-4-12(5-3-1)8-9-18-11-14(16-17-18)10-15-13-6-7-13/h1-5,11,13,15H,6-10H2. The van der Waals surface area contributed by atoms with E-state index < -0.39 is 0 Å². The van der Waals surface area contributed by atoms with Gasteiger partial charge in [0.2, 0.25) is 0 Å². The smallest absolute Gasteiger partial charge is 0.0964 e. The van der Waals surface area contributed by atoms with Gasteiger partial charge in [0.25, 0.3) is 0 Å². The van der Waals surface area contributed by atoms with E-state index in [9.17, 15) is 0 Å². The first-order chi connectivity index (χ1) is 8.90. The first kappa shape index (κ1) is 11.4. The molecule has 0 atom stereocenters. The Bertz CT molecular complexity index is 488. The van der Waals surface area contributed by atoms with Crippen LogP contribution in [0, 0.1) is 0 Å². The zero-order valence-corrected chi connectivity index (χ0v) is 10.4. The summed E-state index contributed by atoms with van der Waals surface area (Å²) in [6.07, 6.45) is 5.66. The van der Waals surface area contributed by atoms with Gasteiger partial charge in [-0.3, -0.25) is 4.68 Å². The molecule has 18 heavy (non-hydrogen) atoms. The third-order valence-electron chi connectivity index (χ3n) is 3.21. The molecule has 1 N–H and O–H groups in total. The van der Waals surface area contributed by atoms with Crippen LogP contribution in [0.3, 0.4) is 0 Å². The molecule has 1 heterocycles. The number of hydrogen-bond acceptors (Lipinski definition) is 3. The van der Waals surface area contributed by atoms with E-state index in [2.05, 4.69) is 39.9 Å². The van der Waals surface area contributed by atoms with Crippen LogP contribution >= 0.6 is 0 Å². The van der Waals surface area contributed by atoms with Crippen molar-refractivity contribution in [3.63, 3.8) is 0 Å². The summed E-state index contributed by atoms with van der Waals surface area (Å²) in [6, 6.07) is 11.2. The Labute approximate surface area is 107 Å². The van der Waals surface area contributed by atoms with Gasteiger partial charge in [-0.2, -0.15) is 0 Å². The minimum atomic E-state index is 0.722. The van der Waals surface area contributed by atoms with Gasteiger partial charge >= 0.3 is 0 Å². The average molecular weight is 242 g/mol. The minimum Gasteiger partial charge on any atom is -0.308 e. The lowest BCUT2D eigenvalue weighted by atomic mass is 10.1. The minimum absolute atomic E-state index is 0.722. The van der Waals surface area contributed by atoms with Gasteiger partial charge in [0.15, 0.2) is 0 Å². The van der Waals surface area contributed by atoms with Gasteiger partial charge in [-0.15, -0.1) is 5.10 Å². The molecule has 1 aromatic heterocycles. The molecule has 1 saturated carbocycles. The summed E-state index contributed by atoms with van der Waals surface area (Å²) < 4.78 is 1.93. The fourth-order valence-electron chi connectivity index (χ4n) is 1.95. The SMILES string of the molecule is c1ccc(CCn2cc(CNC3CC3)nn2)cc1. The Kier molecular flexibility index (Phi) is 3.37. The van der Waals surface area contributed by atoms with Crippen molar-refractivity contribution in [3.8, 4) is 0 Å². The van der Waals surface area contributed by atoms with Crippen molar-refractivity contribution in [1.29, 1.82) is 0 Å². The van der Waals surface area contributed by atoms with Gasteiger partial charge in [0.05, 0.1) is 5.69 Å². The van der Waals surface area contributed by atoms with Crippen LogP contribution in [0.2, 0.25) is 0 Å². The van der Waals surface area contributed by atoms with E-state index >= 15 is 0 Å². The van der Waals surface area contributed by atoms with Crippen molar-refractivity contribution >= 4 is 0 Å². The third kappa shape index (κ3) is 3.17. The molecule has 0 aliphatic heterocycles. The van der Waals surface area contributed by atoms with Crippen LogP contribution in [0.5, 0.6) is 0 Å². The summed E-state index contributed by atoms with van der Waals surface area (Å²) in [5.41, 5.74) is 2.38. The topological polar surface area (TPSA) is 42.7 Å². The van der Waals surface area contributed by atoms with E-state index in [4.69, 9.17) is 0 Å². The second kappa shape index (κ2) is 5.31. The van der Waals surface area contributed by atoms with Crippen LogP contribution in [-0.4, -0.2) is 21.0 Å². The number of nitrogens with one attached hydrogen (secondary N) is 1. The monoisotopic (exact) mass is 242 g/mol. The molecule has 1 aliphatic rings. The van der Waals surface area contributed by atoms with Crippen LogP contribution in [-0.2, 0) is 19.5 Å². The summed E-state index contributed by atoms with van der Waals surface area (Å²) in [7, 11) is 0. The van der Waals surface area contributed by atoms with Crippen LogP contribution in [0.1, 0.15) is 24.1 Å². The number of nitrogens with zero attached hydrogens (tertiary/aromatic N) is 3. The van der Waals surface area contributed by atoms with Gasteiger partial charge in [0.1, 0.15) is 0 Å². The molecule has 1 aliphatic carbocycles. The number of hydrogen-bond donors (Lipinski definition) is 1. The van der Waals surface area contributed by atoms with Gasteiger partial charge in [-0.05, 0) is 24.8 Å². The molecule has 94 valence electrons. The molecular weight excluding hydrogens is 224 g/mol. The van der Waals surface area contributed by atoms with Gasteiger partial charge in [0, 0.05) is 25.3 Å². The fraction of sp³-hybridized carbons (Fsp3) is 0.429. The highest BCUT2D eigenvalue weighted by Gasteiger charge is 2.20. The Morgan fingerprint density at radius 2 is 2.06 bits per heavy atom. The first-order valence-electron chi connectivity index (χ1n) is 6.56. The molecule has 4 heteroatoms. The molecule has 0 unspecified atom stereocenters. The van der Waals surface area contributed by atoms with Crippen molar-refractivity contribution in [1.82, 2.24) is 20.3 Å². The Morgan fingerprint density at radius 1 is 1.22 bits per heavy atom. The normalized spacial score (nSPS) is 14.9. The van der Waals surface area contributed by atoms with Gasteiger partial charge < -0.3 is 5.32 Å². The van der Waals surface area contributed by atoms with Crippen LogP contribution in [0.25, 0.3) is 0 Å². The fourth-order valence-corrected chi connectivity index (χ4v) is 1.95. The van der Waals surface area contributed by atoms with Crippen molar-refractivity contribution in [3.05, 3.63) is 47.8 Å². The summed E-state index contributed by atoms with van der Waals surface area (Å²) in [5.74, 6) is 0. The Morgan fingerprint density at radius 3 is 2.83 bits per heavy atom. The van der Waals surface area contributed by atoms with Crippen LogP contribution in [0.4, 0.5) is 0 Å². The van der Waals surface area contributed by atoms with Crippen molar-refractivity contribution in [2.24, 2.45) is 0 Å². The molecule has 0 saturated heterocycles. The maximum absolute atomic E-state index is 4.18. The second-order valence-electron chi connectivity index (χ2n) is 4.86. The summed E-state index contributed by atoms with van der Waals surface area (Å²) in [5, 5.41) is 11.8. The zero-order chi connectivity index (χ0) is 12.2. The van der Waals surface area contributed by atoms with E-state index in [0.717, 1.165) is 31.2 Å². The summed E-state index contributed by atoms with van der Waals surface area (Å²) >= 11 is 0. The second-order valence-corrected chi connectivity index (χ2v) is 4.86. The van der Waals surface area contributed by atoms with Gasteiger partial charge in [-0.25, -0.2) is 0 Å². The quantitative estimate of drug-likeness (QED) is 0.839. The van der Waals surface area contributed by atoms with E-state index in [0.29, 0.717) is 0 Å². The third-order valence-corrected chi connectivity index (χ3v) is 3.21. The number of aryl methyl sites for hydroxylation is 2. The maximum Gasteiger partial charge on any atom is 0.0964 e. The molecule has 0 spiro atoms. The van der Waals surface area contributed by atoms with Crippen LogP contribution < -0.4 is 5.32 Å². The van der Waals surface area contributed by atoms with E-state index in [1.54, 1.807) is 0 Å². The predicted molar refractivity (Wildman–Crippen MR) is 70.0 cm³/mol. The molecule has 2 aromatic rings. The van der Waals surface area contributed by atoms with Crippen LogP contribution in [0.15, 0.2) is 36.5 Å². The summed E-state index contributed by atoms with van der Waals surface area (Å²) in [6.45, 7) is 1.73. The highest BCUT2D eigenvalue weighted by atomic mass is 15.4. The average Bonchev–Trinajstić information content (AvgIpc) is 3.14. The lowest BCUT2D eigenvalue weighted by Gasteiger charge is -2.00. The van der Waals surface area contributed by atoms with E-state index in [-0.39, 0.29) is 0 Å². The number of aromatic nitrogens is 3. The molecule has 3 rings (SSSR count). The Balaban J connectivity index is 1.50. The van der Waals surface area contributed by atoms with Crippen molar-refractivity contribution in [2.75, 3.05) is 0 Å². The Hall–Kier alpha value is -1.68. The maximum atomic E-state index is 4.18. The van der Waals surface area contributed by atoms with Crippen molar-refractivity contribution < 1.29 is 0 Å². The molecule has 4 nitrogen and oxygen atoms in total. The molecule has 0 radical (unpaired) electrons. The van der Waals surface area contributed by atoms with Gasteiger partial charge in [-0.1, -0.05) is 35.5 Å². The van der Waals surface area contributed by atoms with E-state index in [1.165, 1.54) is 18.4 Å². The highest BCUT2D eigenvalue weighted by Crippen LogP contribution is 2.18. The first-order valence-corrected chi connectivity index (χ1v) is 6.56. The largest absolute Gasteiger partial charge is 0.308 e. The molecular formula is C14H18N4. The molecule has 1 aromatic carbocycles. The summed E-state index contributed by atoms with van der Waals surface area (Å²) in [4.78, 5) is 0. The number of rotatable bonds is 6.